The van der Waals surface area contributed by atoms with Crippen LogP contribution in [0.15, 0.2) is 42.7 Å². The van der Waals surface area contributed by atoms with Crippen molar-refractivity contribution >= 4 is 17.4 Å². The molecule has 176 valence electrons. The van der Waals surface area contributed by atoms with Crippen molar-refractivity contribution in [1.29, 1.82) is 0 Å². The molecule has 0 spiro atoms. The van der Waals surface area contributed by atoms with Gasteiger partial charge in [0.1, 0.15) is 5.82 Å². The highest BCUT2D eigenvalue weighted by atomic mass is 16.5. The number of pyridine rings is 3. The third kappa shape index (κ3) is 5.02. The van der Waals surface area contributed by atoms with Gasteiger partial charge in [-0.15, -0.1) is 0 Å². The topological polar surface area (TPSA) is 89.5 Å². The second kappa shape index (κ2) is 9.77. The number of anilines is 2. The van der Waals surface area contributed by atoms with E-state index in [0.29, 0.717) is 42.9 Å². The summed E-state index contributed by atoms with van der Waals surface area (Å²) < 4.78 is 11.3. The smallest absolute Gasteiger partial charge is 0.255 e. The highest BCUT2D eigenvalue weighted by Gasteiger charge is 2.25. The van der Waals surface area contributed by atoms with Crippen molar-refractivity contribution in [3.8, 4) is 17.0 Å². The molecule has 5 rings (SSSR count). The lowest BCUT2D eigenvalue weighted by Crippen LogP contribution is -2.36. The summed E-state index contributed by atoms with van der Waals surface area (Å²) in [6.07, 6.45) is 5.69. The molecule has 8 heteroatoms. The average molecular weight is 460 g/mol. The maximum absolute atomic E-state index is 12.9. The standard InChI is InChI=1S/C26H29N5O3/c1-3-34-25-14-20(13-24(30-25)31-8-10-33-11-9-31)22-15-21(16-28-17(22)2)29-26(32)19-6-7-27-23(12-19)18-4-5-18/h6-7,12-16,18H,3-5,8-11H2,1-2H3,(H,29,32). The molecular formula is C26H29N5O3. The second-order valence-electron chi connectivity index (χ2n) is 8.64. The van der Waals surface area contributed by atoms with Crippen molar-refractivity contribution in [2.75, 3.05) is 43.1 Å². The summed E-state index contributed by atoms with van der Waals surface area (Å²) in [5.74, 6) is 1.74. The van der Waals surface area contributed by atoms with Gasteiger partial charge >= 0.3 is 0 Å². The van der Waals surface area contributed by atoms with E-state index in [4.69, 9.17) is 14.5 Å². The van der Waals surface area contributed by atoms with E-state index in [-0.39, 0.29) is 5.91 Å². The molecule has 1 aliphatic carbocycles. The summed E-state index contributed by atoms with van der Waals surface area (Å²) in [7, 11) is 0. The first kappa shape index (κ1) is 22.3. The molecule has 0 radical (unpaired) electrons. The van der Waals surface area contributed by atoms with Crippen molar-refractivity contribution in [2.45, 2.75) is 32.6 Å². The SMILES string of the molecule is CCOc1cc(-c2cc(NC(=O)c3ccnc(C4CC4)c3)cnc2C)cc(N2CCOCC2)n1. The summed E-state index contributed by atoms with van der Waals surface area (Å²) in [4.78, 5) is 28.8. The summed E-state index contributed by atoms with van der Waals surface area (Å²) in [5.41, 5.74) is 4.96. The number of nitrogens with zero attached hydrogens (tertiary/aromatic N) is 4. The van der Waals surface area contributed by atoms with Crippen LogP contribution in [0, 0.1) is 6.92 Å². The molecule has 1 saturated heterocycles. The zero-order valence-electron chi connectivity index (χ0n) is 19.6. The van der Waals surface area contributed by atoms with E-state index in [9.17, 15) is 4.79 Å². The first-order valence-corrected chi connectivity index (χ1v) is 11.8. The van der Waals surface area contributed by atoms with E-state index >= 15 is 0 Å². The molecule has 1 amide bonds. The van der Waals surface area contributed by atoms with Crippen LogP contribution in [0.3, 0.4) is 0 Å². The van der Waals surface area contributed by atoms with E-state index < -0.39 is 0 Å². The van der Waals surface area contributed by atoms with Crippen LogP contribution in [0.1, 0.15) is 47.4 Å². The molecule has 0 unspecified atom stereocenters. The number of aromatic nitrogens is 3. The van der Waals surface area contributed by atoms with Crippen LogP contribution in [0.2, 0.25) is 0 Å². The molecule has 3 aromatic heterocycles. The Labute approximate surface area is 199 Å². The fourth-order valence-electron chi connectivity index (χ4n) is 4.11. The zero-order chi connectivity index (χ0) is 23.5. The minimum absolute atomic E-state index is 0.167. The van der Waals surface area contributed by atoms with Gasteiger partial charge in [-0.2, -0.15) is 4.98 Å². The predicted octanol–water partition coefficient (Wildman–Crippen LogP) is 4.21. The van der Waals surface area contributed by atoms with Crippen LogP contribution in [0.25, 0.3) is 11.1 Å². The van der Waals surface area contributed by atoms with Gasteiger partial charge in [-0.1, -0.05) is 0 Å². The van der Waals surface area contributed by atoms with E-state index in [0.717, 1.165) is 54.3 Å². The molecule has 1 aliphatic heterocycles. The first-order chi connectivity index (χ1) is 16.6. The molecule has 2 aliphatic rings. The number of morpholine rings is 1. The van der Waals surface area contributed by atoms with Crippen molar-refractivity contribution in [2.24, 2.45) is 0 Å². The lowest BCUT2D eigenvalue weighted by Gasteiger charge is -2.28. The number of aryl methyl sites for hydroxylation is 1. The molecule has 3 aromatic rings. The Morgan fingerprint density at radius 3 is 2.76 bits per heavy atom. The molecule has 1 N–H and O–H groups in total. The van der Waals surface area contributed by atoms with Crippen molar-refractivity contribution in [3.05, 3.63) is 59.7 Å². The van der Waals surface area contributed by atoms with E-state index in [1.54, 1.807) is 18.5 Å². The normalized spacial score (nSPS) is 15.8. The zero-order valence-corrected chi connectivity index (χ0v) is 19.6. The lowest BCUT2D eigenvalue weighted by molar-refractivity contribution is 0.102. The largest absolute Gasteiger partial charge is 0.478 e. The summed E-state index contributed by atoms with van der Waals surface area (Å²) >= 11 is 0. The van der Waals surface area contributed by atoms with E-state index in [1.807, 2.05) is 38.1 Å². The Morgan fingerprint density at radius 1 is 1.18 bits per heavy atom. The highest BCUT2D eigenvalue weighted by Crippen LogP contribution is 2.39. The number of rotatable bonds is 7. The van der Waals surface area contributed by atoms with Crippen molar-refractivity contribution in [1.82, 2.24) is 15.0 Å². The van der Waals surface area contributed by atoms with Gasteiger partial charge in [0.2, 0.25) is 5.88 Å². The van der Waals surface area contributed by atoms with Gasteiger partial charge in [-0.05, 0) is 56.5 Å². The maximum Gasteiger partial charge on any atom is 0.255 e. The number of carbonyl (C=O) groups excluding carboxylic acids is 1. The first-order valence-electron chi connectivity index (χ1n) is 11.8. The average Bonchev–Trinajstić information content (AvgIpc) is 3.72. The van der Waals surface area contributed by atoms with Crippen LogP contribution in [-0.2, 0) is 4.74 Å². The molecule has 34 heavy (non-hydrogen) atoms. The van der Waals surface area contributed by atoms with Crippen molar-refractivity contribution in [3.63, 3.8) is 0 Å². The van der Waals surface area contributed by atoms with Gasteiger partial charge in [0.25, 0.3) is 5.91 Å². The van der Waals surface area contributed by atoms with Gasteiger partial charge < -0.3 is 19.7 Å². The van der Waals surface area contributed by atoms with E-state index in [1.165, 1.54) is 0 Å². The van der Waals surface area contributed by atoms with Crippen LogP contribution < -0.4 is 15.0 Å². The lowest BCUT2D eigenvalue weighted by atomic mass is 10.0. The molecule has 2 fully saturated rings. The Kier molecular flexibility index (Phi) is 6.40. The van der Waals surface area contributed by atoms with Gasteiger partial charge in [0.05, 0.1) is 31.7 Å². The second-order valence-corrected chi connectivity index (χ2v) is 8.64. The Bertz CT molecular complexity index is 1190. The third-order valence-corrected chi connectivity index (χ3v) is 6.11. The maximum atomic E-state index is 12.9. The Hall–Kier alpha value is -3.52. The Balaban J connectivity index is 1.43. The number of nitrogens with one attached hydrogen (secondary N) is 1. The summed E-state index contributed by atoms with van der Waals surface area (Å²) in [6.45, 7) is 7.35. The van der Waals surface area contributed by atoms with Gasteiger partial charge in [0, 0.05) is 53.8 Å². The minimum Gasteiger partial charge on any atom is -0.478 e. The van der Waals surface area contributed by atoms with Gasteiger partial charge in [-0.25, -0.2) is 0 Å². The minimum atomic E-state index is -0.167. The van der Waals surface area contributed by atoms with E-state index in [2.05, 4.69) is 20.2 Å². The Morgan fingerprint density at radius 2 is 2.00 bits per heavy atom. The fourth-order valence-corrected chi connectivity index (χ4v) is 4.11. The monoisotopic (exact) mass is 459 g/mol. The molecule has 4 heterocycles. The number of hydrogen-bond donors (Lipinski definition) is 1. The summed E-state index contributed by atoms with van der Waals surface area (Å²) in [5, 5.41) is 3.00. The van der Waals surface area contributed by atoms with Crippen LogP contribution >= 0.6 is 0 Å². The molecule has 1 saturated carbocycles. The fraction of sp³-hybridized carbons (Fsp3) is 0.385. The van der Waals surface area contributed by atoms with Crippen LogP contribution in [0.4, 0.5) is 11.5 Å². The predicted molar refractivity (Wildman–Crippen MR) is 131 cm³/mol. The van der Waals surface area contributed by atoms with Crippen LogP contribution in [-0.4, -0.2) is 53.8 Å². The molecule has 0 bridgehead atoms. The van der Waals surface area contributed by atoms with Gasteiger partial charge in [-0.3, -0.25) is 14.8 Å². The molecular weight excluding hydrogens is 430 g/mol. The number of amides is 1. The quantitative estimate of drug-likeness (QED) is 0.566. The third-order valence-electron chi connectivity index (χ3n) is 6.11. The number of carbonyl (C=O) groups is 1. The van der Waals surface area contributed by atoms with Crippen LogP contribution in [0.5, 0.6) is 5.88 Å². The van der Waals surface area contributed by atoms with Gasteiger partial charge in [0.15, 0.2) is 0 Å². The molecule has 0 atom stereocenters. The number of ether oxygens (including phenoxy) is 2. The summed E-state index contributed by atoms with van der Waals surface area (Å²) in [6, 6.07) is 9.57. The van der Waals surface area contributed by atoms with Crippen molar-refractivity contribution < 1.29 is 14.3 Å². The number of hydrogen-bond acceptors (Lipinski definition) is 7. The molecule has 8 nitrogen and oxygen atoms in total. The molecule has 0 aromatic carbocycles. The highest BCUT2D eigenvalue weighted by molar-refractivity contribution is 6.04.